The van der Waals surface area contributed by atoms with E-state index in [4.69, 9.17) is 14.0 Å². The Hall–Kier alpha value is -0.653. The van der Waals surface area contributed by atoms with Gasteiger partial charge in [0.2, 0.25) is 0 Å². The fourth-order valence-corrected chi connectivity index (χ4v) is 3.44. The van der Waals surface area contributed by atoms with Gasteiger partial charge in [0.15, 0.2) is 0 Å². The molecule has 0 heterocycles. The molecule has 0 atom stereocenters. The Morgan fingerprint density at radius 1 is 1.40 bits per heavy atom. The fraction of sp³-hybridized carbons (Fsp3) is 0.700. The third-order valence-electron chi connectivity index (χ3n) is 2.60. The molecule has 0 spiro atoms. The molecule has 0 aliphatic heterocycles. The van der Waals surface area contributed by atoms with Crippen LogP contribution >= 0.6 is 0 Å². The van der Waals surface area contributed by atoms with Crippen LogP contribution in [0.1, 0.15) is 20.3 Å². The van der Waals surface area contributed by atoms with Gasteiger partial charge in [-0.2, -0.15) is 0 Å². The van der Waals surface area contributed by atoms with Gasteiger partial charge in [-0.25, -0.2) is 4.79 Å². The van der Waals surface area contributed by atoms with Crippen molar-refractivity contribution in [1.29, 1.82) is 0 Å². The van der Waals surface area contributed by atoms with E-state index in [0.29, 0.717) is 12.0 Å². The molecule has 0 radical (unpaired) electrons. The van der Waals surface area contributed by atoms with E-state index in [9.17, 15) is 4.79 Å². The summed E-state index contributed by atoms with van der Waals surface area (Å²) in [6.07, 6.45) is 2.41. The van der Waals surface area contributed by atoms with Gasteiger partial charge in [0.25, 0.3) is 0 Å². The van der Waals surface area contributed by atoms with Crippen LogP contribution in [0, 0.1) is 0 Å². The van der Waals surface area contributed by atoms with E-state index in [-0.39, 0.29) is 0 Å². The first-order valence-corrected chi connectivity index (χ1v) is 7.24. The van der Waals surface area contributed by atoms with Crippen molar-refractivity contribution in [2.45, 2.75) is 32.4 Å². The third-order valence-corrected chi connectivity index (χ3v) is 6.21. The van der Waals surface area contributed by atoms with Crippen LogP contribution in [0.4, 0.5) is 0 Å². The summed E-state index contributed by atoms with van der Waals surface area (Å²) in [6, 6.07) is 1.67. The normalized spacial score (nSPS) is 12.9. The smallest absolute Gasteiger partial charge is 0.337 e. The standard InChI is InChI=1S/C10H20O4Si/c1-5-15(13-3,14-4)8-6-7-9(2)10(11)12/h7H,5-6,8H2,1-4H3,(H,11,12). The maximum Gasteiger partial charge on any atom is 0.337 e. The summed E-state index contributed by atoms with van der Waals surface area (Å²) in [7, 11) is 1.26. The minimum Gasteiger partial charge on any atom is -0.478 e. The first-order chi connectivity index (χ1) is 7.01. The Morgan fingerprint density at radius 3 is 2.27 bits per heavy atom. The number of rotatable bonds is 7. The molecule has 5 heteroatoms. The first-order valence-electron chi connectivity index (χ1n) is 5.01. The highest BCUT2D eigenvalue weighted by Crippen LogP contribution is 2.19. The van der Waals surface area contributed by atoms with Gasteiger partial charge in [0.05, 0.1) is 0 Å². The molecular formula is C10H20O4Si. The predicted molar refractivity (Wildman–Crippen MR) is 61.1 cm³/mol. The lowest BCUT2D eigenvalue weighted by molar-refractivity contribution is -0.132. The highest BCUT2D eigenvalue weighted by Gasteiger charge is 2.31. The zero-order valence-corrected chi connectivity index (χ0v) is 10.9. The molecule has 1 N–H and O–H groups in total. The maximum atomic E-state index is 10.5. The van der Waals surface area contributed by atoms with E-state index in [1.165, 1.54) is 0 Å². The van der Waals surface area contributed by atoms with Crippen molar-refractivity contribution < 1.29 is 18.8 Å². The molecule has 0 unspecified atom stereocenters. The lowest BCUT2D eigenvalue weighted by Gasteiger charge is -2.25. The van der Waals surface area contributed by atoms with Crippen molar-refractivity contribution >= 4 is 14.5 Å². The maximum absolute atomic E-state index is 10.5. The molecule has 15 heavy (non-hydrogen) atoms. The van der Waals surface area contributed by atoms with Crippen LogP contribution < -0.4 is 0 Å². The molecule has 4 nitrogen and oxygen atoms in total. The van der Waals surface area contributed by atoms with Gasteiger partial charge >= 0.3 is 14.5 Å². The van der Waals surface area contributed by atoms with Crippen LogP contribution in [0.5, 0.6) is 0 Å². The topological polar surface area (TPSA) is 55.8 Å². The van der Waals surface area contributed by atoms with Crippen molar-refractivity contribution in [2.75, 3.05) is 14.2 Å². The molecule has 0 saturated carbocycles. The number of carboxylic acids is 1. The molecule has 0 aromatic rings. The molecule has 88 valence electrons. The van der Waals surface area contributed by atoms with Crippen LogP contribution in [-0.4, -0.2) is 33.9 Å². The highest BCUT2D eigenvalue weighted by molar-refractivity contribution is 6.67. The van der Waals surface area contributed by atoms with Crippen molar-refractivity contribution in [3.05, 3.63) is 11.6 Å². The van der Waals surface area contributed by atoms with Gasteiger partial charge in [-0.15, -0.1) is 0 Å². The van der Waals surface area contributed by atoms with Crippen molar-refractivity contribution in [1.82, 2.24) is 0 Å². The van der Waals surface area contributed by atoms with Crippen LogP contribution in [0.15, 0.2) is 11.6 Å². The molecular weight excluding hydrogens is 212 g/mol. The molecule has 0 bridgehead atoms. The summed E-state index contributed by atoms with van der Waals surface area (Å²) in [5.74, 6) is -0.867. The molecule has 0 aromatic heterocycles. The number of aliphatic carboxylic acids is 1. The average molecular weight is 232 g/mol. The second-order valence-corrected chi connectivity index (χ2v) is 7.25. The minimum atomic E-state index is -2.06. The lowest BCUT2D eigenvalue weighted by atomic mass is 10.2. The van der Waals surface area contributed by atoms with Crippen LogP contribution in [0.25, 0.3) is 0 Å². The van der Waals surface area contributed by atoms with Gasteiger partial charge < -0.3 is 14.0 Å². The zero-order chi connectivity index (χ0) is 11.9. The van der Waals surface area contributed by atoms with Crippen molar-refractivity contribution in [3.63, 3.8) is 0 Å². The molecule has 0 aliphatic rings. The molecule has 0 fully saturated rings. The van der Waals surface area contributed by atoms with Gasteiger partial charge in [0, 0.05) is 19.8 Å². The van der Waals surface area contributed by atoms with E-state index in [0.717, 1.165) is 12.1 Å². The molecule has 0 rings (SSSR count). The van der Waals surface area contributed by atoms with Gasteiger partial charge in [-0.3, -0.25) is 0 Å². The second kappa shape index (κ2) is 6.76. The van der Waals surface area contributed by atoms with E-state index >= 15 is 0 Å². The summed E-state index contributed by atoms with van der Waals surface area (Å²) < 4.78 is 10.8. The monoisotopic (exact) mass is 232 g/mol. The van der Waals surface area contributed by atoms with Crippen molar-refractivity contribution in [3.8, 4) is 0 Å². The van der Waals surface area contributed by atoms with E-state index in [2.05, 4.69) is 0 Å². The SMILES string of the molecule is CC[Si](CCC=C(C)C(=O)O)(OC)OC. The number of hydrogen-bond acceptors (Lipinski definition) is 3. The van der Waals surface area contributed by atoms with Crippen LogP contribution in [0.3, 0.4) is 0 Å². The number of carboxylic acid groups (broad SMARTS) is 1. The van der Waals surface area contributed by atoms with E-state index in [1.807, 2.05) is 6.92 Å². The zero-order valence-electron chi connectivity index (χ0n) is 9.87. The Morgan fingerprint density at radius 2 is 1.93 bits per heavy atom. The number of allylic oxidation sites excluding steroid dienone is 1. The number of carbonyl (C=O) groups is 1. The Balaban J connectivity index is 4.23. The molecule has 0 aromatic carbocycles. The quantitative estimate of drug-likeness (QED) is 0.540. The Kier molecular flexibility index (Phi) is 6.47. The average Bonchev–Trinajstić information content (AvgIpc) is 2.24. The van der Waals surface area contributed by atoms with Gasteiger partial charge in [0.1, 0.15) is 0 Å². The summed E-state index contributed by atoms with van der Waals surface area (Å²) >= 11 is 0. The molecule has 0 amide bonds. The fourth-order valence-electron chi connectivity index (χ4n) is 1.35. The number of hydrogen-bond donors (Lipinski definition) is 1. The summed E-state index contributed by atoms with van der Waals surface area (Å²) in [6.45, 7) is 3.63. The third kappa shape index (κ3) is 4.59. The van der Waals surface area contributed by atoms with Crippen LogP contribution in [0.2, 0.25) is 12.1 Å². The second-order valence-electron chi connectivity index (χ2n) is 3.40. The Bertz CT molecular complexity index is 225. The summed E-state index contributed by atoms with van der Waals surface area (Å²) in [4.78, 5) is 10.5. The van der Waals surface area contributed by atoms with Crippen molar-refractivity contribution in [2.24, 2.45) is 0 Å². The first kappa shape index (κ1) is 14.3. The van der Waals surface area contributed by atoms with Crippen LogP contribution in [-0.2, 0) is 13.6 Å². The van der Waals surface area contributed by atoms with Gasteiger partial charge in [-0.05, 0) is 25.4 Å². The molecule has 0 aliphatic carbocycles. The highest BCUT2D eigenvalue weighted by atomic mass is 28.4. The van der Waals surface area contributed by atoms with E-state index < -0.39 is 14.5 Å². The Labute approximate surface area is 92.1 Å². The summed E-state index contributed by atoms with van der Waals surface area (Å²) in [5.41, 5.74) is 0.376. The van der Waals surface area contributed by atoms with Gasteiger partial charge in [-0.1, -0.05) is 13.0 Å². The predicted octanol–water partition coefficient (Wildman–Crippen LogP) is 2.16. The summed E-state index contributed by atoms with van der Waals surface area (Å²) in [5, 5.41) is 8.66. The lowest BCUT2D eigenvalue weighted by Crippen LogP contribution is -2.38. The molecule has 0 saturated heterocycles. The van der Waals surface area contributed by atoms with E-state index in [1.54, 1.807) is 27.2 Å². The minimum absolute atomic E-state index is 0.376. The largest absolute Gasteiger partial charge is 0.478 e.